The van der Waals surface area contributed by atoms with Crippen LogP contribution in [0, 0.1) is 0 Å². The maximum atomic E-state index is 9.35. The van der Waals surface area contributed by atoms with E-state index in [1.54, 1.807) is 6.20 Å². The predicted octanol–water partition coefficient (Wildman–Crippen LogP) is 4.28. The SMILES string of the molecule is OCc1ccc(Br)cc1Oc1cnc2ccccc2c1. The molecular formula is C16H12BrNO2. The van der Waals surface area contributed by atoms with E-state index < -0.39 is 0 Å². The van der Waals surface area contributed by atoms with E-state index in [9.17, 15) is 5.11 Å². The van der Waals surface area contributed by atoms with Crippen molar-refractivity contribution in [3.05, 3.63) is 64.8 Å². The highest BCUT2D eigenvalue weighted by molar-refractivity contribution is 9.10. The maximum absolute atomic E-state index is 9.35. The number of ether oxygens (including phenoxy) is 1. The fraction of sp³-hybridized carbons (Fsp3) is 0.0625. The Morgan fingerprint density at radius 1 is 1.10 bits per heavy atom. The molecule has 0 saturated heterocycles. The Morgan fingerprint density at radius 3 is 2.80 bits per heavy atom. The lowest BCUT2D eigenvalue weighted by atomic mass is 10.2. The average Bonchev–Trinajstić information content (AvgIpc) is 2.47. The normalized spacial score (nSPS) is 10.7. The summed E-state index contributed by atoms with van der Waals surface area (Å²) in [5.41, 5.74) is 1.66. The van der Waals surface area contributed by atoms with Gasteiger partial charge < -0.3 is 9.84 Å². The first kappa shape index (κ1) is 13.1. The monoisotopic (exact) mass is 329 g/mol. The number of nitrogens with zero attached hydrogens (tertiary/aromatic N) is 1. The van der Waals surface area contributed by atoms with Crippen LogP contribution in [0.3, 0.4) is 0 Å². The van der Waals surface area contributed by atoms with E-state index in [-0.39, 0.29) is 6.61 Å². The number of aliphatic hydroxyl groups is 1. The van der Waals surface area contributed by atoms with Crippen LogP contribution in [0.1, 0.15) is 5.56 Å². The lowest BCUT2D eigenvalue weighted by Crippen LogP contribution is -1.92. The third-order valence-corrected chi connectivity index (χ3v) is 3.49. The summed E-state index contributed by atoms with van der Waals surface area (Å²) in [7, 11) is 0. The van der Waals surface area contributed by atoms with Crippen LogP contribution in [0.4, 0.5) is 0 Å². The van der Waals surface area contributed by atoms with E-state index >= 15 is 0 Å². The van der Waals surface area contributed by atoms with Gasteiger partial charge in [0.25, 0.3) is 0 Å². The topological polar surface area (TPSA) is 42.4 Å². The maximum Gasteiger partial charge on any atom is 0.146 e. The Bertz CT molecular complexity index is 758. The second-order valence-electron chi connectivity index (χ2n) is 4.38. The number of hydrogen-bond acceptors (Lipinski definition) is 3. The van der Waals surface area contributed by atoms with Gasteiger partial charge in [-0.2, -0.15) is 0 Å². The first-order valence-corrected chi connectivity index (χ1v) is 6.97. The summed E-state index contributed by atoms with van der Waals surface area (Å²) in [6.07, 6.45) is 1.68. The van der Waals surface area contributed by atoms with Gasteiger partial charge in [0.15, 0.2) is 0 Å². The van der Waals surface area contributed by atoms with Crippen molar-refractivity contribution in [3.8, 4) is 11.5 Å². The van der Waals surface area contributed by atoms with Crippen molar-refractivity contribution < 1.29 is 9.84 Å². The fourth-order valence-electron chi connectivity index (χ4n) is 1.99. The first-order chi connectivity index (χ1) is 9.76. The zero-order chi connectivity index (χ0) is 13.9. The minimum Gasteiger partial charge on any atom is -0.455 e. The van der Waals surface area contributed by atoms with Crippen molar-refractivity contribution in [2.45, 2.75) is 6.61 Å². The summed E-state index contributed by atoms with van der Waals surface area (Å²) in [6.45, 7) is -0.0659. The van der Waals surface area contributed by atoms with Crippen LogP contribution >= 0.6 is 15.9 Å². The molecule has 1 aromatic heterocycles. The number of aliphatic hydroxyl groups excluding tert-OH is 1. The second-order valence-corrected chi connectivity index (χ2v) is 5.29. The van der Waals surface area contributed by atoms with Crippen molar-refractivity contribution in [2.24, 2.45) is 0 Å². The summed E-state index contributed by atoms with van der Waals surface area (Å²) in [5, 5.41) is 10.4. The molecule has 20 heavy (non-hydrogen) atoms. The molecule has 0 aliphatic heterocycles. The number of benzene rings is 2. The van der Waals surface area contributed by atoms with Crippen molar-refractivity contribution in [1.82, 2.24) is 4.98 Å². The molecule has 0 radical (unpaired) electrons. The first-order valence-electron chi connectivity index (χ1n) is 6.18. The van der Waals surface area contributed by atoms with Crippen LogP contribution in [0.15, 0.2) is 59.2 Å². The predicted molar refractivity (Wildman–Crippen MR) is 81.9 cm³/mol. The van der Waals surface area contributed by atoms with E-state index in [1.807, 2.05) is 48.5 Å². The number of pyridine rings is 1. The van der Waals surface area contributed by atoms with Gasteiger partial charge in [-0.25, -0.2) is 0 Å². The standard InChI is InChI=1S/C16H12BrNO2/c17-13-6-5-12(10-19)16(8-13)20-14-7-11-3-1-2-4-15(11)18-9-14/h1-9,19H,10H2. The molecule has 3 aromatic rings. The molecule has 4 heteroatoms. The van der Waals surface area contributed by atoms with Gasteiger partial charge in [-0.05, 0) is 24.3 Å². The lowest BCUT2D eigenvalue weighted by molar-refractivity contribution is 0.276. The van der Waals surface area contributed by atoms with E-state index in [0.29, 0.717) is 11.5 Å². The molecule has 3 nitrogen and oxygen atoms in total. The molecule has 0 atom stereocenters. The summed E-state index contributed by atoms with van der Waals surface area (Å²) in [6, 6.07) is 15.3. The highest BCUT2D eigenvalue weighted by Gasteiger charge is 2.06. The van der Waals surface area contributed by atoms with E-state index in [2.05, 4.69) is 20.9 Å². The summed E-state index contributed by atoms with van der Waals surface area (Å²) < 4.78 is 6.74. The quantitative estimate of drug-likeness (QED) is 0.779. The summed E-state index contributed by atoms with van der Waals surface area (Å²) in [5.74, 6) is 1.27. The number of aromatic nitrogens is 1. The van der Waals surface area contributed by atoms with Crippen LogP contribution in [0.5, 0.6) is 11.5 Å². The van der Waals surface area contributed by atoms with Crippen LogP contribution < -0.4 is 4.74 Å². The van der Waals surface area contributed by atoms with Gasteiger partial charge in [-0.1, -0.05) is 40.2 Å². The smallest absolute Gasteiger partial charge is 0.146 e. The lowest BCUT2D eigenvalue weighted by Gasteiger charge is -2.10. The Hall–Kier alpha value is -1.91. The zero-order valence-corrected chi connectivity index (χ0v) is 12.2. The molecule has 0 saturated carbocycles. The molecule has 0 aliphatic carbocycles. The van der Waals surface area contributed by atoms with E-state index in [4.69, 9.17) is 4.74 Å². The van der Waals surface area contributed by atoms with Gasteiger partial charge in [0.2, 0.25) is 0 Å². The van der Waals surface area contributed by atoms with Gasteiger partial charge in [0.05, 0.1) is 18.3 Å². The molecule has 0 unspecified atom stereocenters. The number of hydrogen-bond donors (Lipinski definition) is 1. The van der Waals surface area contributed by atoms with Crippen molar-refractivity contribution >= 4 is 26.8 Å². The molecule has 0 bridgehead atoms. The molecule has 3 rings (SSSR count). The van der Waals surface area contributed by atoms with Gasteiger partial charge >= 0.3 is 0 Å². The van der Waals surface area contributed by atoms with Crippen molar-refractivity contribution in [1.29, 1.82) is 0 Å². The van der Waals surface area contributed by atoms with Gasteiger partial charge in [0, 0.05) is 15.4 Å². The Labute approximate surface area is 125 Å². The fourth-order valence-corrected chi connectivity index (χ4v) is 2.33. The Kier molecular flexibility index (Phi) is 3.67. The molecule has 100 valence electrons. The Morgan fingerprint density at radius 2 is 1.95 bits per heavy atom. The average molecular weight is 330 g/mol. The number of fused-ring (bicyclic) bond motifs is 1. The van der Waals surface area contributed by atoms with Crippen molar-refractivity contribution in [2.75, 3.05) is 0 Å². The molecular weight excluding hydrogens is 318 g/mol. The van der Waals surface area contributed by atoms with Crippen LogP contribution in [0.2, 0.25) is 0 Å². The van der Waals surface area contributed by atoms with E-state index in [1.165, 1.54) is 0 Å². The highest BCUT2D eigenvalue weighted by Crippen LogP contribution is 2.29. The summed E-state index contributed by atoms with van der Waals surface area (Å²) in [4.78, 5) is 4.36. The molecule has 2 aromatic carbocycles. The van der Waals surface area contributed by atoms with Gasteiger partial charge in [0.1, 0.15) is 11.5 Å². The van der Waals surface area contributed by atoms with Gasteiger partial charge in [-0.3, -0.25) is 4.98 Å². The van der Waals surface area contributed by atoms with Crippen LogP contribution in [-0.2, 0) is 6.61 Å². The zero-order valence-electron chi connectivity index (χ0n) is 10.6. The third kappa shape index (κ3) is 2.66. The Balaban J connectivity index is 1.98. The molecule has 0 aliphatic rings. The molecule has 0 amide bonds. The number of halogens is 1. The largest absolute Gasteiger partial charge is 0.455 e. The third-order valence-electron chi connectivity index (χ3n) is 2.99. The number of para-hydroxylation sites is 1. The highest BCUT2D eigenvalue weighted by atomic mass is 79.9. The van der Waals surface area contributed by atoms with Crippen LogP contribution in [0.25, 0.3) is 10.9 Å². The van der Waals surface area contributed by atoms with E-state index in [0.717, 1.165) is 20.9 Å². The minimum absolute atomic E-state index is 0.0659. The van der Waals surface area contributed by atoms with Crippen molar-refractivity contribution in [3.63, 3.8) is 0 Å². The molecule has 1 heterocycles. The molecule has 0 spiro atoms. The minimum atomic E-state index is -0.0659. The van der Waals surface area contributed by atoms with Gasteiger partial charge in [-0.15, -0.1) is 0 Å². The second kappa shape index (κ2) is 5.61. The summed E-state index contributed by atoms with van der Waals surface area (Å²) >= 11 is 3.40. The van der Waals surface area contributed by atoms with Crippen LogP contribution in [-0.4, -0.2) is 10.1 Å². The molecule has 0 fully saturated rings. The molecule has 1 N–H and O–H groups in total. The number of rotatable bonds is 3.